The first-order valence-electron chi connectivity index (χ1n) is 15.5. The molecule has 6 rings (SSSR count). The molecule has 1 N–H and O–H groups in total. The zero-order chi connectivity index (χ0) is 34.4. The Bertz CT molecular complexity index is 1990. The third-order valence-corrected chi connectivity index (χ3v) is 8.66. The van der Waals surface area contributed by atoms with Crippen molar-refractivity contribution in [2.45, 2.75) is 45.9 Å². The molecule has 0 saturated carbocycles. The quantitative estimate of drug-likeness (QED) is 0.328. The van der Waals surface area contributed by atoms with Gasteiger partial charge in [0, 0.05) is 38.2 Å². The van der Waals surface area contributed by atoms with Crippen molar-refractivity contribution < 1.29 is 32.6 Å². The molecule has 5 heterocycles. The summed E-state index contributed by atoms with van der Waals surface area (Å²) >= 11 is 0. The van der Waals surface area contributed by atoms with Gasteiger partial charge in [0.1, 0.15) is 23.1 Å². The van der Waals surface area contributed by atoms with Crippen molar-refractivity contribution in [1.29, 1.82) is 0 Å². The average Bonchev–Trinajstić information content (AvgIpc) is 3.05. The van der Waals surface area contributed by atoms with Gasteiger partial charge in [-0.1, -0.05) is 26.5 Å². The summed E-state index contributed by atoms with van der Waals surface area (Å²) in [6.45, 7) is 10.5. The minimum atomic E-state index is -1.52. The molecular formula is C34H34F2N6O6. The number of nitrogens with one attached hydrogen (secondary N) is 1. The minimum absolute atomic E-state index is 0.0720. The van der Waals surface area contributed by atoms with Crippen LogP contribution in [0.3, 0.4) is 0 Å². The van der Waals surface area contributed by atoms with E-state index < -0.39 is 53.5 Å². The van der Waals surface area contributed by atoms with Gasteiger partial charge in [-0.15, -0.1) is 0 Å². The molecule has 0 radical (unpaired) electrons. The summed E-state index contributed by atoms with van der Waals surface area (Å²) in [5.41, 5.74) is -1.31. The van der Waals surface area contributed by atoms with Crippen LogP contribution in [0.25, 0.3) is 28.0 Å². The van der Waals surface area contributed by atoms with E-state index in [1.54, 1.807) is 16.0 Å². The number of pyridine rings is 1. The third kappa shape index (κ3) is 5.60. The molecule has 0 spiro atoms. The zero-order valence-corrected chi connectivity index (χ0v) is 26.8. The number of nitrogens with zero attached hydrogens (tertiary/aromatic N) is 5. The number of ketones is 1. The van der Waals surface area contributed by atoms with Crippen LogP contribution in [0.2, 0.25) is 0 Å². The summed E-state index contributed by atoms with van der Waals surface area (Å²) in [5.74, 6) is -3.76. The fourth-order valence-electron chi connectivity index (χ4n) is 6.45. The highest BCUT2D eigenvalue weighted by Crippen LogP contribution is 2.38. The number of aromatic nitrogens is 3. The topological polar surface area (TPSA) is 136 Å². The second-order valence-corrected chi connectivity index (χ2v) is 12.2. The first-order chi connectivity index (χ1) is 22.9. The number of hydrogen-bond donors (Lipinski definition) is 1. The Balaban J connectivity index is 1.72. The van der Waals surface area contributed by atoms with E-state index in [2.05, 4.69) is 21.9 Å². The lowest BCUT2D eigenvalue weighted by Gasteiger charge is -2.40. The van der Waals surface area contributed by atoms with Crippen LogP contribution in [0.15, 0.2) is 59.6 Å². The van der Waals surface area contributed by atoms with Crippen LogP contribution in [0.5, 0.6) is 5.75 Å². The summed E-state index contributed by atoms with van der Waals surface area (Å²) in [7, 11) is 0. The van der Waals surface area contributed by atoms with Gasteiger partial charge in [-0.3, -0.25) is 14.4 Å². The van der Waals surface area contributed by atoms with E-state index in [0.717, 1.165) is 19.1 Å². The summed E-state index contributed by atoms with van der Waals surface area (Å²) in [5, 5.41) is 3.34. The molecule has 1 fully saturated rings. The highest BCUT2D eigenvalue weighted by molar-refractivity contribution is 5.96. The van der Waals surface area contributed by atoms with Gasteiger partial charge >= 0.3 is 11.7 Å². The Labute approximate surface area is 274 Å². The van der Waals surface area contributed by atoms with Gasteiger partial charge < -0.3 is 24.6 Å². The number of carbonyl (C=O) groups excluding carboxylic acids is 3. The van der Waals surface area contributed by atoms with Crippen LogP contribution in [-0.2, 0) is 19.1 Å². The number of Topliss-reactive ketones (excluding diaryl/α,β-unsaturated/α-hetero) is 1. The van der Waals surface area contributed by atoms with Crippen molar-refractivity contribution >= 4 is 40.2 Å². The van der Waals surface area contributed by atoms with Crippen LogP contribution < -0.4 is 20.6 Å². The molecule has 3 aliphatic heterocycles. The van der Waals surface area contributed by atoms with E-state index in [1.807, 2.05) is 20.8 Å². The molecule has 2 aromatic heterocycles. The number of piperazine rings is 1. The first-order valence-corrected chi connectivity index (χ1v) is 15.5. The molecule has 2 bridgehead atoms. The van der Waals surface area contributed by atoms with Gasteiger partial charge in [-0.25, -0.2) is 23.1 Å². The molecule has 1 unspecified atom stereocenters. The number of ether oxygens (including phenoxy) is 2. The summed E-state index contributed by atoms with van der Waals surface area (Å²) in [4.78, 5) is 65.3. The molecule has 250 valence electrons. The second kappa shape index (κ2) is 12.7. The van der Waals surface area contributed by atoms with Crippen LogP contribution in [0.4, 0.5) is 14.6 Å². The Morgan fingerprint density at radius 1 is 1.17 bits per heavy atom. The molecule has 1 saturated heterocycles. The minimum Gasteiger partial charge on any atom is -0.485 e. The lowest BCUT2D eigenvalue weighted by molar-refractivity contribution is -0.151. The summed E-state index contributed by atoms with van der Waals surface area (Å²) in [6.07, 6.45) is 2.81. The normalized spacial score (nSPS) is 20.8. The number of esters is 1. The van der Waals surface area contributed by atoms with Gasteiger partial charge in [-0.05, 0) is 49.4 Å². The Hall–Kier alpha value is -5.40. The molecule has 0 aliphatic carbocycles. The lowest BCUT2D eigenvalue weighted by atomic mass is 9.91. The Kier molecular flexibility index (Phi) is 8.58. The van der Waals surface area contributed by atoms with Crippen LogP contribution in [0, 0.1) is 17.6 Å². The number of hydrogen-bond acceptors (Lipinski definition) is 10. The number of benzene rings is 1. The van der Waals surface area contributed by atoms with Gasteiger partial charge in [0.25, 0.3) is 0 Å². The molecule has 3 aromatic rings. The van der Waals surface area contributed by atoms with Crippen molar-refractivity contribution in [3.63, 3.8) is 0 Å². The summed E-state index contributed by atoms with van der Waals surface area (Å²) < 4.78 is 44.3. The van der Waals surface area contributed by atoms with Crippen molar-refractivity contribution in [2.75, 3.05) is 31.1 Å². The standard InChI is InChI=1S/C34H34F2N6O6/c1-6-26(45)40-12-13-41(18(4)15-40)32-21-14-23(36)29-27-22(35)8-7-9-25(27)47-16-24(44)31(48-19(5)43)20-10-11-37-28(17(2)3)30(20)42(33(21)38-29)34(46)39-32/h6-11,14,17-18,28,31,37H,1,12-13,15-16H2,2-5H3/t18-,28?,31-/m0/s1. The Morgan fingerprint density at radius 2 is 1.94 bits per heavy atom. The highest BCUT2D eigenvalue weighted by atomic mass is 19.1. The van der Waals surface area contributed by atoms with E-state index in [4.69, 9.17) is 9.47 Å². The van der Waals surface area contributed by atoms with E-state index in [9.17, 15) is 19.2 Å². The Morgan fingerprint density at radius 3 is 2.62 bits per heavy atom. The molecule has 1 amide bonds. The molecular weight excluding hydrogens is 626 g/mol. The van der Waals surface area contributed by atoms with Crippen molar-refractivity contribution in [3.05, 3.63) is 76.9 Å². The van der Waals surface area contributed by atoms with Crippen LogP contribution in [0.1, 0.15) is 27.7 Å². The van der Waals surface area contributed by atoms with Gasteiger partial charge in [0.2, 0.25) is 11.7 Å². The fourth-order valence-corrected chi connectivity index (χ4v) is 6.45. The maximum absolute atomic E-state index is 16.3. The van der Waals surface area contributed by atoms with Crippen molar-refractivity contribution in [1.82, 2.24) is 24.8 Å². The number of dihydropyridines is 1. The van der Waals surface area contributed by atoms with E-state index in [1.165, 1.54) is 28.9 Å². The largest absolute Gasteiger partial charge is 0.485 e. The smallest absolute Gasteiger partial charge is 0.355 e. The third-order valence-electron chi connectivity index (χ3n) is 8.66. The van der Waals surface area contributed by atoms with Crippen molar-refractivity contribution in [3.8, 4) is 17.0 Å². The first kappa shape index (κ1) is 32.5. The van der Waals surface area contributed by atoms with E-state index in [0.29, 0.717) is 0 Å². The number of anilines is 1. The molecule has 48 heavy (non-hydrogen) atoms. The fraction of sp³-hybridized carbons (Fsp3) is 0.353. The maximum Gasteiger partial charge on any atom is 0.355 e. The van der Waals surface area contributed by atoms with Gasteiger partial charge in [0.15, 0.2) is 24.2 Å². The number of carbonyl (C=O) groups is 3. The van der Waals surface area contributed by atoms with E-state index >= 15 is 8.78 Å². The SMILES string of the molecule is C=CC(=O)N1CCN(c2nc(=O)n3c4nc(c(F)cc24)-c2c(F)cccc2OCC(=O)[C@@H](OC(C)=O)C2=C3C(C(C)C)NC=C2)[C@@H](C)C1. The zero-order valence-electron chi connectivity index (χ0n) is 26.8. The molecule has 12 nitrogen and oxygen atoms in total. The highest BCUT2D eigenvalue weighted by Gasteiger charge is 2.37. The van der Waals surface area contributed by atoms with Crippen molar-refractivity contribution in [2.24, 2.45) is 5.92 Å². The number of amides is 1. The maximum atomic E-state index is 16.3. The molecule has 3 aliphatic rings. The number of rotatable bonds is 4. The predicted molar refractivity (Wildman–Crippen MR) is 173 cm³/mol. The van der Waals surface area contributed by atoms with Crippen LogP contribution >= 0.6 is 0 Å². The second-order valence-electron chi connectivity index (χ2n) is 12.2. The van der Waals surface area contributed by atoms with Gasteiger partial charge in [0.05, 0.1) is 22.7 Å². The monoisotopic (exact) mass is 660 g/mol. The van der Waals surface area contributed by atoms with Crippen LogP contribution in [-0.4, -0.2) is 81.5 Å². The molecule has 3 atom stereocenters. The predicted octanol–water partition coefficient (Wildman–Crippen LogP) is 3.21. The molecule has 1 aromatic carbocycles. The summed E-state index contributed by atoms with van der Waals surface area (Å²) in [6, 6.07) is 3.97. The molecule has 14 heteroatoms. The van der Waals surface area contributed by atoms with Gasteiger partial charge in [-0.2, -0.15) is 4.98 Å². The average molecular weight is 661 g/mol. The number of halogens is 2. The number of fused-ring (bicyclic) bond motifs is 4. The lowest BCUT2D eigenvalue weighted by Crippen LogP contribution is -2.54. The van der Waals surface area contributed by atoms with E-state index in [-0.39, 0.29) is 76.9 Å².